The summed E-state index contributed by atoms with van der Waals surface area (Å²) in [6.45, 7) is 1.49. The molecule has 94 valence electrons. The van der Waals surface area contributed by atoms with Crippen LogP contribution in [0.15, 0.2) is 48.7 Å². The van der Waals surface area contributed by atoms with Gasteiger partial charge in [-0.3, -0.25) is 0 Å². The number of para-hydroxylation sites is 1. The molecule has 0 aliphatic heterocycles. The summed E-state index contributed by atoms with van der Waals surface area (Å²) < 4.78 is 5.59. The third-order valence-electron chi connectivity index (χ3n) is 2.49. The van der Waals surface area contributed by atoms with Crippen molar-refractivity contribution in [2.24, 2.45) is 0 Å². The highest BCUT2D eigenvalue weighted by Gasteiger charge is 1.97. The van der Waals surface area contributed by atoms with Gasteiger partial charge in [-0.05, 0) is 30.7 Å². The average molecular weight is 243 g/mol. The molecule has 0 saturated heterocycles. The van der Waals surface area contributed by atoms with Crippen LogP contribution in [0.4, 0.5) is 11.5 Å². The maximum Gasteiger partial charge on any atom is 0.146 e. The second-order valence-electron chi connectivity index (χ2n) is 3.88. The average Bonchev–Trinajstić information content (AvgIpc) is 2.42. The number of anilines is 2. The maximum atomic E-state index is 5.72. The molecule has 2 rings (SSSR count). The minimum Gasteiger partial charge on any atom is -0.494 e. The van der Waals surface area contributed by atoms with E-state index in [4.69, 9.17) is 10.5 Å². The molecule has 1 aromatic heterocycles. The molecule has 0 aliphatic rings. The number of pyridine rings is 1. The molecular formula is C14H17N3O. The number of nitrogens with zero attached hydrogens (tertiary/aromatic N) is 1. The topological polar surface area (TPSA) is 60.2 Å². The fourth-order valence-electron chi connectivity index (χ4n) is 1.57. The van der Waals surface area contributed by atoms with Gasteiger partial charge < -0.3 is 15.8 Å². The van der Waals surface area contributed by atoms with E-state index in [0.29, 0.717) is 12.4 Å². The second kappa shape index (κ2) is 6.49. The highest BCUT2D eigenvalue weighted by molar-refractivity contribution is 5.60. The number of hydrogen-bond acceptors (Lipinski definition) is 4. The van der Waals surface area contributed by atoms with Gasteiger partial charge in [0.15, 0.2) is 0 Å². The predicted octanol–water partition coefficient (Wildman–Crippen LogP) is 2.54. The summed E-state index contributed by atoms with van der Waals surface area (Å²) in [4.78, 5) is 4.01. The molecule has 0 unspecified atom stereocenters. The summed E-state index contributed by atoms with van der Waals surface area (Å²) in [6, 6.07) is 13.6. The van der Waals surface area contributed by atoms with E-state index in [1.807, 2.05) is 42.5 Å². The Morgan fingerprint density at radius 2 is 1.94 bits per heavy atom. The van der Waals surface area contributed by atoms with Gasteiger partial charge in [-0.25, -0.2) is 4.98 Å². The fraction of sp³-hybridized carbons (Fsp3) is 0.214. The van der Waals surface area contributed by atoms with Crippen LogP contribution in [-0.4, -0.2) is 18.1 Å². The first-order valence-corrected chi connectivity index (χ1v) is 5.98. The van der Waals surface area contributed by atoms with Crippen LogP contribution in [0.5, 0.6) is 5.75 Å². The van der Waals surface area contributed by atoms with Crippen LogP contribution in [0.1, 0.15) is 6.42 Å². The number of ether oxygens (including phenoxy) is 1. The van der Waals surface area contributed by atoms with E-state index in [1.54, 1.807) is 6.20 Å². The second-order valence-corrected chi connectivity index (χ2v) is 3.88. The summed E-state index contributed by atoms with van der Waals surface area (Å²) >= 11 is 0. The molecule has 0 aliphatic carbocycles. The summed E-state index contributed by atoms with van der Waals surface area (Å²) in [5, 5.41) is 3.23. The highest BCUT2D eigenvalue weighted by atomic mass is 16.5. The predicted molar refractivity (Wildman–Crippen MR) is 73.7 cm³/mol. The molecule has 1 heterocycles. The van der Waals surface area contributed by atoms with Gasteiger partial charge in [-0.15, -0.1) is 0 Å². The van der Waals surface area contributed by atoms with Gasteiger partial charge in [-0.1, -0.05) is 18.2 Å². The van der Waals surface area contributed by atoms with Gasteiger partial charge in [0, 0.05) is 12.7 Å². The minimum absolute atomic E-state index is 0.529. The molecule has 0 atom stereocenters. The quantitative estimate of drug-likeness (QED) is 0.765. The molecule has 0 fully saturated rings. The molecule has 2 aromatic rings. The first-order valence-electron chi connectivity index (χ1n) is 5.98. The number of rotatable bonds is 6. The highest BCUT2D eigenvalue weighted by Crippen LogP contribution is 2.13. The zero-order chi connectivity index (χ0) is 12.6. The number of aromatic nitrogens is 1. The molecule has 0 bridgehead atoms. The standard InChI is InChI=1S/C14H17N3O/c15-14-13(8-4-9-17-14)16-10-5-11-18-12-6-2-1-3-7-12/h1-4,6-9,16H,5,10-11H2,(H2,15,17). The number of nitrogens with one attached hydrogen (secondary N) is 1. The molecular weight excluding hydrogens is 226 g/mol. The van der Waals surface area contributed by atoms with E-state index in [0.717, 1.165) is 24.4 Å². The van der Waals surface area contributed by atoms with E-state index < -0.39 is 0 Å². The van der Waals surface area contributed by atoms with Crippen molar-refractivity contribution < 1.29 is 4.74 Å². The smallest absolute Gasteiger partial charge is 0.146 e. The lowest BCUT2D eigenvalue weighted by Crippen LogP contribution is -2.09. The minimum atomic E-state index is 0.529. The number of hydrogen-bond donors (Lipinski definition) is 2. The lowest BCUT2D eigenvalue weighted by Gasteiger charge is -2.09. The molecule has 0 radical (unpaired) electrons. The Hall–Kier alpha value is -2.23. The monoisotopic (exact) mass is 243 g/mol. The largest absolute Gasteiger partial charge is 0.494 e. The summed E-state index contributed by atoms with van der Waals surface area (Å²) in [6.07, 6.45) is 2.59. The van der Waals surface area contributed by atoms with E-state index in [9.17, 15) is 0 Å². The maximum absolute atomic E-state index is 5.72. The van der Waals surface area contributed by atoms with E-state index >= 15 is 0 Å². The first-order chi connectivity index (χ1) is 8.86. The van der Waals surface area contributed by atoms with Crippen LogP contribution in [-0.2, 0) is 0 Å². The Morgan fingerprint density at radius 3 is 2.72 bits per heavy atom. The van der Waals surface area contributed by atoms with Gasteiger partial charge in [0.2, 0.25) is 0 Å². The molecule has 4 nitrogen and oxygen atoms in total. The summed E-state index contributed by atoms with van der Waals surface area (Å²) in [5.41, 5.74) is 6.59. The van der Waals surface area contributed by atoms with Gasteiger partial charge in [0.1, 0.15) is 11.6 Å². The third kappa shape index (κ3) is 3.66. The van der Waals surface area contributed by atoms with Crippen LogP contribution in [0.25, 0.3) is 0 Å². The molecule has 0 spiro atoms. The van der Waals surface area contributed by atoms with Crippen molar-refractivity contribution in [3.8, 4) is 5.75 Å². The molecule has 1 aromatic carbocycles. The van der Waals surface area contributed by atoms with Crippen LogP contribution >= 0.6 is 0 Å². The normalized spacial score (nSPS) is 10.0. The number of nitrogens with two attached hydrogens (primary N) is 1. The van der Waals surface area contributed by atoms with Crippen LogP contribution in [0.3, 0.4) is 0 Å². The molecule has 3 N–H and O–H groups in total. The Labute approximate surface area is 107 Å². The Bertz CT molecular complexity index is 473. The van der Waals surface area contributed by atoms with Crippen molar-refractivity contribution >= 4 is 11.5 Å². The number of benzene rings is 1. The van der Waals surface area contributed by atoms with Crippen molar-refractivity contribution in [3.63, 3.8) is 0 Å². The van der Waals surface area contributed by atoms with Gasteiger partial charge in [-0.2, -0.15) is 0 Å². The Balaban J connectivity index is 1.66. The van der Waals surface area contributed by atoms with Crippen molar-refractivity contribution in [2.45, 2.75) is 6.42 Å². The number of nitrogen functional groups attached to an aromatic ring is 1. The molecule has 0 saturated carbocycles. The SMILES string of the molecule is Nc1ncccc1NCCCOc1ccccc1. The van der Waals surface area contributed by atoms with Crippen LogP contribution in [0.2, 0.25) is 0 Å². The Kier molecular flexibility index (Phi) is 4.41. The lowest BCUT2D eigenvalue weighted by atomic mass is 10.3. The zero-order valence-electron chi connectivity index (χ0n) is 10.2. The summed E-state index contributed by atoms with van der Waals surface area (Å²) in [7, 11) is 0. The van der Waals surface area contributed by atoms with Gasteiger partial charge in [0.25, 0.3) is 0 Å². The lowest BCUT2D eigenvalue weighted by molar-refractivity contribution is 0.315. The fourth-order valence-corrected chi connectivity index (χ4v) is 1.57. The van der Waals surface area contributed by atoms with E-state index in [-0.39, 0.29) is 0 Å². The first kappa shape index (κ1) is 12.2. The third-order valence-corrected chi connectivity index (χ3v) is 2.49. The Morgan fingerprint density at radius 1 is 1.11 bits per heavy atom. The van der Waals surface area contributed by atoms with E-state index in [1.165, 1.54) is 0 Å². The van der Waals surface area contributed by atoms with Crippen molar-refractivity contribution in [1.29, 1.82) is 0 Å². The van der Waals surface area contributed by atoms with Gasteiger partial charge >= 0.3 is 0 Å². The molecule has 18 heavy (non-hydrogen) atoms. The van der Waals surface area contributed by atoms with Crippen molar-refractivity contribution in [3.05, 3.63) is 48.7 Å². The van der Waals surface area contributed by atoms with Crippen molar-refractivity contribution in [2.75, 3.05) is 24.2 Å². The van der Waals surface area contributed by atoms with Crippen LogP contribution < -0.4 is 15.8 Å². The van der Waals surface area contributed by atoms with Crippen LogP contribution in [0, 0.1) is 0 Å². The van der Waals surface area contributed by atoms with E-state index in [2.05, 4.69) is 10.3 Å². The van der Waals surface area contributed by atoms with Crippen molar-refractivity contribution in [1.82, 2.24) is 4.98 Å². The molecule has 4 heteroatoms. The summed E-state index contributed by atoms with van der Waals surface area (Å²) in [5.74, 6) is 1.43. The molecule has 0 amide bonds. The van der Waals surface area contributed by atoms with Gasteiger partial charge in [0.05, 0.1) is 12.3 Å². The zero-order valence-corrected chi connectivity index (χ0v) is 10.2.